The average Bonchev–Trinajstić information content (AvgIpc) is 2.98. The summed E-state index contributed by atoms with van der Waals surface area (Å²) in [5.74, 6) is 2.02. The number of benzene rings is 2. The number of aryl methyl sites for hydroxylation is 2. The molecule has 0 bridgehead atoms. The third-order valence-electron chi connectivity index (χ3n) is 3.97. The third-order valence-corrected chi connectivity index (χ3v) is 5.09. The van der Waals surface area contributed by atoms with E-state index in [1.165, 1.54) is 11.1 Å². The Kier molecular flexibility index (Phi) is 6.12. The van der Waals surface area contributed by atoms with Crippen molar-refractivity contribution in [3.8, 4) is 0 Å². The molecule has 136 valence electrons. The van der Waals surface area contributed by atoms with Gasteiger partial charge in [-0.3, -0.25) is 0 Å². The molecule has 26 heavy (non-hydrogen) atoms. The van der Waals surface area contributed by atoms with Gasteiger partial charge < -0.3 is 10.6 Å². The number of hydrogen-bond donors (Lipinski definition) is 2. The maximum absolute atomic E-state index is 12.0. The molecule has 0 aliphatic carbocycles. The summed E-state index contributed by atoms with van der Waals surface area (Å²) in [6.45, 7) is 2.76. The average molecular weight is 369 g/mol. The Morgan fingerprint density at radius 3 is 2.96 bits per heavy atom. The second-order valence-electron chi connectivity index (χ2n) is 6.19. The lowest BCUT2D eigenvalue weighted by Gasteiger charge is -2.08. The first-order chi connectivity index (χ1) is 12.6. The number of hydrogen-bond acceptors (Lipinski definition) is 4. The molecule has 0 unspecified atom stereocenters. The number of nitrogens with one attached hydrogen (secondary N) is 2. The standard InChI is InChI=1S/C19H23N5OS/c1-14-5-3-6-15(11-14)13-26-10-4-9-20-19(25)21-16-7-8-18-17(12-16)22-23-24(18)2/h3,5-8,11-12H,4,9-10,13H2,1-2H3,(H2,20,21,25). The molecule has 0 spiro atoms. The number of carbonyl (C=O) groups excluding carboxylic acids is 1. The highest BCUT2D eigenvalue weighted by Crippen LogP contribution is 2.16. The second-order valence-corrected chi connectivity index (χ2v) is 7.30. The van der Waals surface area contributed by atoms with E-state index in [0.29, 0.717) is 12.2 Å². The smallest absolute Gasteiger partial charge is 0.319 e. The van der Waals surface area contributed by atoms with Crippen LogP contribution in [-0.2, 0) is 12.8 Å². The number of urea groups is 1. The number of carbonyl (C=O) groups is 1. The molecule has 7 heteroatoms. The molecular formula is C19H23N5OS. The summed E-state index contributed by atoms with van der Waals surface area (Å²) >= 11 is 1.89. The zero-order valence-electron chi connectivity index (χ0n) is 15.0. The van der Waals surface area contributed by atoms with Crippen LogP contribution in [0.3, 0.4) is 0 Å². The van der Waals surface area contributed by atoms with Gasteiger partial charge in [-0.2, -0.15) is 11.8 Å². The largest absolute Gasteiger partial charge is 0.338 e. The van der Waals surface area contributed by atoms with Crippen molar-refractivity contribution in [1.82, 2.24) is 20.3 Å². The lowest BCUT2D eigenvalue weighted by molar-refractivity contribution is 0.252. The molecule has 0 aliphatic heterocycles. The number of rotatable bonds is 7. The topological polar surface area (TPSA) is 71.8 Å². The molecule has 1 aromatic heterocycles. The quantitative estimate of drug-likeness (QED) is 0.623. The Labute approximate surface area is 157 Å². The van der Waals surface area contributed by atoms with Crippen LogP contribution in [0, 0.1) is 6.92 Å². The highest BCUT2D eigenvalue weighted by Gasteiger charge is 2.05. The molecule has 2 amide bonds. The predicted octanol–water partition coefficient (Wildman–Crippen LogP) is 3.72. The van der Waals surface area contributed by atoms with Crippen molar-refractivity contribution in [3.05, 3.63) is 53.6 Å². The molecule has 0 radical (unpaired) electrons. The molecule has 2 aromatic carbocycles. The predicted molar refractivity (Wildman–Crippen MR) is 107 cm³/mol. The number of fused-ring (bicyclic) bond motifs is 1. The van der Waals surface area contributed by atoms with E-state index in [4.69, 9.17) is 0 Å². The number of nitrogens with zero attached hydrogens (tertiary/aromatic N) is 3. The summed E-state index contributed by atoms with van der Waals surface area (Å²) in [4.78, 5) is 12.0. The number of aromatic nitrogens is 3. The van der Waals surface area contributed by atoms with E-state index >= 15 is 0 Å². The number of thioether (sulfide) groups is 1. The van der Waals surface area contributed by atoms with E-state index < -0.39 is 0 Å². The maximum atomic E-state index is 12.0. The van der Waals surface area contributed by atoms with Crippen molar-refractivity contribution in [2.24, 2.45) is 7.05 Å². The first-order valence-electron chi connectivity index (χ1n) is 8.59. The first kappa shape index (κ1) is 18.3. The van der Waals surface area contributed by atoms with Crippen LogP contribution in [0.5, 0.6) is 0 Å². The molecule has 0 fully saturated rings. The minimum atomic E-state index is -0.197. The van der Waals surface area contributed by atoms with Gasteiger partial charge in [0.25, 0.3) is 0 Å². The van der Waals surface area contributed by atoms with Crippen molar-refractivity contribution in [2.75, 3.05) is 17.6 Å². The SMILES string of the molecule is Cc1cccc(CSCCCNC(=O)Nc2ccc3c(c2)nnn3C)c1. The summed E-state index contributed by atoms with van der Waals surface area (Å²) in [5, 5.41) is 13.7. The molecule has 0 aliphatic rings. The Morgan fingerprint density at radius 1 is 1.23 bits per heavy atom. The molecule has 6 nitrogen and oxygen atoms in total. The molecule has 0 saturated carbocycles. The zero-order chi connectivity index (χ0) is 18.4. The Morgan fingerprint density at radius 2 is 2.12 bits per heavy atom. The summed E-state index contributed by atoms with van der Waals surface area (Å²) in [6, 6.07) is 13.9. The van der Waals surface area contributed by atoms with Crippen LogP contribution >= 0.6 is 11.8 Å². The molecule has 1 heterocycles. The highest BCUT2D eigenvalue weighted by atomic mass is 32.2. The lowest BCUT2D eigenvalue weighted by Crippen LogP contribution is -2.29. The van der Waals surface area contributed by atoms with E-state index in [9.17, 15) is 4.79 Å². The van der Waals surface area contributed by atoms with E-state index in [0.717, 1.165) is 29.0 Å². The van der Waals surface area contributed by atoms with Crippen LogP contribution in [0.1, 0.15) is 17.5 Å². The van der Waals surface area contributed by atoms with Gasteiger partial charge in [-0.05, 0) is 42.9 Å². The fourth-order valence-corrected chi connectivity index (χ4v) is 3.57. The number of anilines is 1. The van der Waals surface area contributed by atoms with Crippen molar-refractivity contribution in [2.45, 2.75) is 19.1 Å². The van der Waals surface area contributed by atoms with Crippen molar-refractivity contribution < 1.29 is 4.79 Å². The summed E-state index contributed by atoms with van der Waals surface area (Å²) in [7, 11) is 1.84. The van der Waals surface area contributed by atoms with Crippen LogP contribution < -0.4 is 10.6 Å². The van der Waals surface area contributed by atoms with Gasteiger partial charge in [0.1, 0.15) is 5.52 Å². The van der Waals surface area contributed by atoms with Crippen molar-refractivity contribution >= 4 is 34.5 Å². The zero-order valence-corrected chi connectivity index (χ0v) is 15.8. The molecule has 0 saturated heterocycles. The lowest BCUT2D eigenvalue weighted by atomic mass is 10.2. The minimum Gasteiger partial charge on any atom is -0.338 e. The Balaban J connectivity index is 1.34. The van der Waals surface area contributed by atoms with Gasteiger partial charge in [-0.25, -0.2) is 9.48 Å². The van der Waals surface area contributed by atoms with Gasteiger partial charge in [0.15, 0.2) is 0 Å². The molecule has 3 rings (SSSR count). The van der Waals surface area contributed by atoms with Gasteiger partial charge in [-0.1, -0.05) is 35.0 Å². The summed E-state index contributed by atoms with van der Waals surface area (Å²) in [6.07, 6.45) is 0.938. The summed E-state index contributed by atoms with van der Waals surface area (Å²) in [5.41, 5.74) is 5.05. The van der Waals surface area contributed by atoms with Crippen LogP contribution in [0.15, 0.2) is 42.5 Å². The van der Waals surface area contributed by atoms with Gasteiger partial charge in [0.2, 0.25) is 0 Å². The minimum absolute atomic E-state index is 0.197. The van der Waals surface area contributed by atoms with E-state index in [2.05, 4.69) is 52.1 Å². The van der Waals surface area contributed by atoms with Crippen LogP contribution in [0.2, 0.25) is 0 Å². The van der Waals surface area contributed by atoms with Gasteiger partial charge in [0.05, 0.1) is 5.52 Å². The van der Waals surface area contributed by atoms with Gasteiger partial charge >= 0.3 is 6.03 Å². The van der Waals surface area contributed by atoms with Gasteiger partial charge in [-0.15, -0.1) is 5.10 Å². The van der Waals surface area contributed by atoms with Crippen LogP contribution in [0.4, 0.5) is 10.5 Å². The first-order valence-corrected chi connectivity index (χ1v) is 9.75. The Hall–Kier alpha value is -2.54. The summed E-state index contributed by atoms with van der Waals surface area (Å²) < 4.78 is 1.70. The second kappa shape index (κ2) is 8.71. The Bertz CT molecular complexity index is 893. The monoisotopic (exact) mass is 369 g/mol. The van der Waals surface area contributed by atoms with Crippen LogP contribution in [-0.4, -0.2) is 33.3 Å². The van der Waals surface area contributed by atoms with E-state index in [1.54, 1.807) is 4.68 Å². The molecular weight excluding hydrogens is 346 g/mol. The fraction of sp³-hybridized carbons (Fsp3) is 0.316. The van der Waals surface area contributed by atoms with E-state index in [1.807, 2.05) is 37.0 Å². The van der Waals surface area contributed by atoms with Crippen LogP contribution in [0.25, 0.3) is 11.0 Å². The number of amides is 2. The molecule has 0 atom stereocenters. The van der Waals surface area contributed by atoms with Crippen molar-refractivity contribution in [1.29, 1.82) is 0 Å². The molecule has 3 aromatic rings. The third kappa shape index (κ3) is 4.98. The highest BCUT2D eigenvalue weighted by molar-refractivity contribution is 7.98. The molecule has 2 N–H and O–H groups in total. The van der Waals surface area contributed by atoms with Crippen molar-refractivity contribution in [3.63, 3.8) is 0 Å². The van der Waals surface area contributed by atoms with E-state index in [-0.39, 0.29) is 6.03 Å². The van der Waals surface area contributed by atoms with Gasteiger partial charge in [0, 0.05) is 25.0 Å². The maximum Gasteiger partial charge on any atom is 0.319 e. The normalized spacial score (nSPS) is 10.8. The fourth-order valence-electron chi connectivity index (χ4n) is 2.66.